The fourth-order valence-electron chi connectivity index (χ4n) is 2.95. The summed E-state index contributed by atoms with van der Waals surface area (Å²) in [5.74, 6) is -0.655. The number of carbonyl (C=O) groups excluding carboxylic acids is 2. The van der Waals surface area contributed by atoms with Crippen molar-refractivity contribution < 1.29 is 19.1 Å². The van der Waals surface area contributed by atoms with E-state index in [1.165, 1.54) is 19.2 Å². The Morgan fingerprint density at radius 2 is 1.85 bits per heavy atom. The second kappa shape index (κ2) is 7.98. The van der Waals surface area contributed by atoms with Gasteiger partial charge >= 0.3 is 5.97 Å². The van der Waals surface area contributed by atoms with E-state index >= 15 is 0 Å². The number of fused-ring (bicyclic) bond motifs is 1. The summed E-state index contributed by atoms with van der Waals surface area (Å²) in [5, 5.41) is 0.395. The van der Waals surface area contributed by atoms with Crippen LogP contribution in [0.2, 0.25) is 10.0 Å². The highest BCUT2D eigenvalue weighted by Crippen LogP contribution is 2.34. The van der Waals surface area contributed by atoms with Crippen molar-refractivity contribution in [3.63, 3.8) is 0 Å². The molecule has 1 aliphatic rings. The van der Waals surface area contributed by atoms with Crippen molar-refractivity contribution >= 4 is 40.8 Å². The van der Waals surface area contributed by atoms with E-state index in [1.54, 1.807) is 4.90 Å². The molecule has 0 spiro atoms. The van der Waals surface area contributed by atoms with Gasteiger partial charge in [-0.15, -0.1) is 0 Å². The zero-order valence-corrected chi connectivity index (χ0v) is 15.6. The molecule has 1 heterocycles. The molecule has 136 valence electrons. The fraction of sp³-hybridized carbons (Fsp3) is 0.263. The SMILES string of the molecule is COc1c(Cl)cc(C(=O)OCC(=O)N2CCCc3ccccc32)cc1Cl. The number of halogens is 2. The van der Waals surface area contributed by atoms with Crippen LogP contribution in [-0.4, -0.2) is 32.1 Å². The number of esters is 1. The maximum Gasteiger partial charge on any atom is 0.338 e. The van der Waals surface area contributed by atoms with E-state index in [1.807, 2.05) is 24.3 Å². The normalized spacial score (nSPS) is 13.1. The summed E-state index contributed by atoms with van der Waals surface area (Å²) in [5.41, 5.74) is 2.15. The number of carbonyl (C=O) groups is 2. The Labute approximate surface area is 161 Å². The average Bonchev–Trinajstić information content (AvgIpc) is 2.65. The van der Waals surface area contributed by atoms with E-state index in [0.29, 0.717) is 6.54 Å². The number of nitrogens with zero attached hydrogens (tertiary/aromatic N) is 1. The van der Waals surface area contributed by atoms with Crippen molar-refractivity contribution in [2.45, 2.75) is 12.8 Å². The standard InChI is InChI=1S/C19H17Cl2NO4/c1-25-18-14(20)9-13(10-15(18)21)19(24)26-11-17(23)22-8-4-6-12-5-2-3-7-16(12)22/h2-3,5,7,9-10H,4,6,8,11H2,1H3. The van der Waals surface area contributed by atoms with E-state index in [0.717, 1.165) is 24.1 Å². The van der Waals surface area contributed by atoms with Crippen molar-refractivity contribution in [2.75, 3.05) is 25.2 Å². The summed E-state index contributed by atoms with van der Waals surface area (Å²) in [7, 11) is 1.43. The van der Waals surface area contributed by atoms with E-state index in [-0.39, 0.29) is 33.9 Å². The molecule has 1 amide bonds. The van der Waals surface area contributed by atoms with Crippen molar-refractivity contribution in [1.29, 1.82) is 0 Å². The van der Waals surface area contributed by atoms with Crippen LogP contribution in [0.3, 0.4) is 0 Å². The lowest BCUT2D eigenvalue weighted by Crippen LogP contribution is -2.38. The molecule has 0 N–H and O–H groups in total. The number of hydrogen-bond donors (Lipinski definition) is 0. The third-order valence-corrected chi connectivity index (χ3v) is 4.74. The Kier molecular flexibility index (Phi) is 5.69. The van der Waals surface area contributed by atoms with Gasteiger partial charge < -0.3 is 14.4 Å². The summed E-state index contributed by atoms with van der Waals surface area (Å²) in [6.07, 6.45) is 1.81. The highest BCUT2D eigenvalue weighted by atomic mass is 35.5. The van der Waals surface area contributed by atoms with Gasteiger partial charge in [0.15, 0.2) is 12.4 Å². The molecular weight excluding hydrogens is 377 g/mol. The Hall–Kier alpha value is -2.24. The highest BCUT2D eigenvalue weighted by Gasteiger charge is 2.23. The third kappa shape index (κ3) is 3.79. The van der Waals surface area contributed by atoms with Crippen molar-refractivity contribution in [1.82, 2.24) is 0 Å². The lowest BCUT2D eigenvalue weighted by atomic mass is 10.0. The molecule has 2 aromatic carbocycles. The lowest BCUT2D eigenvalue weighted by molar-refractivity contribution is -0.121. The smallest absolute Gasteiger partial charge is 0.338 e. The van der Waals surface area contributed by atoms with Crippen LogP contribution in [0.5, 0.6) is 5.75 Å². The monoisotopic (exact) mass is 393 g/mol. The van der Waals surface area contributed by atoms with Gasteiger partial charge in [0.1, 0.15) is 0 Å². The topological polar surface area (TPSA) is 55.8 Å². The lowest BCUT2D eigenvalue weighted by Gasteiger charge is -2.29. The van der Waals surface area contributed by atoms with Crippen LogP contribution in [0.4, 0.5) is 5.69 Å². The summed E-state index contributed by atoms with van der Waals surface area (Å²) >= 11 is 12.1. The van der Waals surface area contributed by atoms with Crippen molar-refractivity contribution in [2.24, 2.45) is 0 Å². The molecule has 1 aliphatic heterocycles. The van der Waals surface area contributed by atoms with Crippen molar-refractivity contribution in [3.8, 4) is 5.75 Å². The van der Waals surface area contributed by atoms with Gasteiger partial charge in [0.25, 0.3) is 5.91 Å². The van der Waals surface area contributed by atoms with E-state index in [2.05, 4.69) is 0 Å². The van der Waals surface area contributed by atoms with Crippen LogP contribution in [0.15, 0.2) is 36.4 Å². The molecule has 5 nitrogen and oxygen atoms in total. The second-order valence-electron chi connectivity index (χ2n) is 5.83. The van der Waals surface area contributed by atoms with Gasteiger partial charge in [-0.05, 0) is 36.6 Å². The number of para-hydroxylation sites is 1. The first-order valence-electron chi connectivity index (χ1n) is 8.09. The molecule has 2 aromatic rings. The molecule has 0 unspecified atom stereocenters. The molecule has 0 atom stereocenters. The molecule has 26 heavy (non-hydrogen) atoms. The molecule has 0 saturated heterocycles. The van der Waals surface area contributed by atoms with Gasteiger partial charge in [-0.1, -0.05) is 41.4 Å². The first-order valence-corrected chi connectivity index (χ1v) is 8.85. The Balaban J connectivity index is 1.68. The largest absolute Gasteiger partial charge is 0.494 e. The predicted molar refractivity (Wildman–Crippen MR) is 100 cm³/mol. The number of rotatable bonds is 4. The number of aryl methyl sites for hydroxylation is 1. The number of hydrogen-bond acceptors (Lipinski definition) is 4. The molecule has 3 rings (SSSR count). The van der Waals surface area contributed by atoms with E-state index in [4.69, 9.17) is 32.7 Å². The van der Waals surface area contributed by atoms with Crippen LogP contribution in [0, 0.1) is 0 Å². The maximum absolute atomic E-state index is 12.5. The summed E-state index contributed by atoms with van der Waals surface area (Å²) in [4.78, 5) is 26.4. The summed E-state index contributed by atoms with van der Waals surface area (Å²) in [6, 6.07) is 10.5. The Morgan fingerprint density at radius 3 is 2.54 bits per heavy atom. The van der Waals surface area contributed by atoms with E-state index < -0.39 is 5.97 Å². The minimum atomic E-state index is -0.671. The molecule has 0 radical (unpaired) electrons. The van der Waals surface area contributed by atoms with Crippen molar-refractivity contribution in [3.05, 3.63) is 57.6 Å². The van der Waals surface area contributed by atoms with Gasteiger partial charge in [0.2, 0.25) is 0 Å². The first kappa shape index (κ1) is 18.5. The quantitative estimate of drug-likeness (QED) is 0.732. The van der Waals surface area contributed by atoms with Crippen LogP contribution < -0.4 is 9.64 Å². The Bertz CT molecular complexity index is 830. The average molecular weight is 394 g/mol. The number of methoxy groups -OCH3 is 1. The summed E-state index contributed by atoms with van der Waals surface area (Å²) in [6.45, 7) is 0.252. The molecular formula is C19H17Cl2NO4. The number of amides is 1. The van der Waals surface area contributed by atoms with Gasteiger partial charge in [-0.25, -0.2) is 4.79 Å². The van der Waals surface area contributed by atoms with Gasteiger partial charge in [0.05, 0.1) is 22.7 Å². The van der Waals surface area contributed by atoms with E-state index in [9.17, 15) is 9.59 Å². The van der Waals surface area contributed by atoms with Gasteiger partial charge in [-0.2, -0.15) is 0 Å². The molecule has 0 aliphatic carbocycles. The Morgan fingerprint density at radius 1 is 1.15 bits per heavy atom. The summed E-state index contributed by atoms with van der Waals surface area (Å²) < 4.78 is 10.2. The molecule has 0 fully saturated rings. The van der Waals surface area contributed by atoms with Crippen LogP contribution in [-0.2, 0) is 16.0 Å². The third-order valence-electron chi connectivity index (χ3n) is 4.18. The minimum Gasteiger partial charge on any atom is -0.494 e. The zero-order valence-electron chi connectivity index (χ0n) is 14.1. The molecule has 0 bridgehead atoms. The van der Waals surface area contributed by atoms with Gasteiger partial charge in [0, 0.05) is 12.2 Å². The highest BCUT2D eigenvalue weighted by molar-refractivity contribution is 6.37. The van der Waals surface area contributed by atoms with Crippen LogP contribution in [0.25, 0.3) is 0 Å². The molecule has 0 aromatic heterocycles. The number of anilines is 1. The molecule has 7 heteroatoms. The fourth-order valence-corrected chi connectivity index (χ4v) is 3.60. The number of benzene rings is 2. The maximum atomic E-state index is 12.5. The predicted octanol–water partition coefficient (Wildman–Crippen LogP) is 4.14. The van der Waals surface area contributed by atoms with Crippen LogP contribution >= 0.6 is 23.2 Å². The minimum absolute atomic E-state index is 0.160. The first-order chi connectivity index (χ1) is 12.5. The van der Waals surface area contributed by atoms with Crippen LogP contribution in [0.1, 0.15) is 22.3 Å². The molecule has 0 saturated carbocycles. The second-order valence-corrected chi connectivity index (χ2v) is 6.64. The zero-order chi connectivity index (χ0) is 18.7. The number of ether oxygens (including phenoxy) is 2. The van der Waals surface area contributed by atoms with Gasteiger partial charge in [-0.3, -0.25) is 4.79 Å².